The second kappa shape index (κ2) is 10.1. The summed E-state index contributed by atoms with van der Waals surface area (Å²) >= 11 is 0. The summed E-state index contributed by atoms with van der Waals surface area (Å²) in [5.74, 6) is -0.987. The van der Waals surface area contributed by atoms with Crippen molar-refractivity contribution in [2.75, 3.05) is 6.61 Å². The van der Waals surface area contributed by atoms with Gasteiger partial charge in [-0.05, 0) is 58.4 Å². The van der Waals surface area contributed by atoms with Gasteiger partial charge in [0.2, 0.25) is 0 Å². The van der Waals surface area contributed by atoms with Gasteiger partial charge in [-0.1, -0.05) is 71.9 Å². The molecule has 6 heteroatoms. The number of halogens is 3. The fraction of sp³-hybridized carbons (Fsp3) is 0.345. The van der Waals surface area contributed by atoms with Crippen molar-refractivity contribution >= 4 is 16.9 Å². The molecule has 0 amide bonds. The zero-order valence-electron chi connectivity index (χ0n) is 21.0. The van der Waals surface area contributed by atoms with Crippen LogP contribution in [0.4, 0.5) is 13.2 Å². The molecule has 0 aliphatic carbocycles. The van der Waals surface area contributed by atoms with Crippen molar-refractivity contribution in [3.63, 3.8) is 0 Å². The molecule has 0 atom stereocenters. The first kappa shape index (κ1) is 26.9. The van der Waals surface area contributed by atoms with Crippen molar-refractivity contribution in [3.8, 4) is 0 Å². The van der Waals surface area contributed by atoms with Crippen LogP contribution in [0.5, 0.6) is 0 Å². The van der Waals surface area contributed by atoms with Gasteiger partial charge in [0.25, 0.3) is 0 Å². The predicted molar refractivity (Wildman–Crippen MR) is 135 cm³/mol. The molecule has 35 heavy (non-hydrogen) atoms. The lowest BCUT2D eigenvalue weighted by Gasteiger charge is -2.20. The Bertz CT molecular complexity index is 1100. The average molecular weight is 502 g/mol. The summed E-state index contributed by atoms with van der Waals surface area (Å²) in [5.41, 5.74) is 2.53. The van der Waals surface area contributed by atoms with Crippen molar-refractivity contribution in [2.24, 2.45) is 0 Å². The molecule has 3 aromatic carbocycles. The molecule has 0 unspecified atom stereocenters. The van der Waals surface area contributed by atoms with Crippen LogP contribution in [0.3, 0.4) is 0 Å². The first-order valence-electron chi connectivity index (χ1n) is 11.4. The van der Waals surface area contributed by atoms with E-state index in [1.807, 2.05) is 6.07 Å². The fourth-order valence-corrected chi connectivity index (χ4v) is 5.66. The number of hydrogen-bond acceptors (Lipinski definition) is 2. The summed E-state index contributed by atoms with van der Waals surface area (Å²) < 4.78 is 42.1. The molecule has 0 radical (unpaired) electrons. The number of hydrogen-bond donors (Lipinski definition) is 0. The molecule has 0 aliphatic rings. The molecule has 0 spiro atoms. The molecule has 0 fully saturated rings. The van der Waals surface area contributed by atoms with Gasteiger partial charge in [-0.25, -0.2) is 4.79 Å². The van der Waals surface area contributed by atoms with Crippen LogP contribution >= 0.6 is 0 Å². The van der Waals surface area contributed by atoms with Crippen LogP contribution in [0.2, 0.25) is 0 Å². The van der Waals surface area contributed by atoms with Crippen molar-refractivity contribution in [2.45, 2.75) is 73.2 Å². The normalized spacial score (nSPS) is 12.6. The van der Waals surface area contributed by atoms with E-state index in [4.69, 9.17) is 0 Å². The molecular weight excluding hydrogens is 469 g/mol. The average Bonchev–Trinajstić information content (AvgIpc) is 2.77. The maximum atomic E-state index is 12.5. The standard InChI is InChI=1S/C29H32F3O2S/c1-27(2,3)21-10-14-23(15-11-21)35(24-16-12-22(13-17-24)28(4,5)6)25-9-7-8-20(18-25)26(33)34-19-29(30,31)32/h7-18H,19H2,1-6H3/q+1. The Kier molecular flexibility index (Phi) is 7.75. The smallest absolute Gasteiger partial charge is 0.422 e. The Balaban J connectivity index is 2.05. The number of benzene rings is 3. The highest BCUT2D eigenvalue weighted by atomic mass is 32.2. The van der Waals surface area contributed by atoms with Gasteiger partial charge in [-0.2, -0.15) is 13.2 Å². The lowest BCUT2D eigenvalue weighted by molar-refractivity contribution is -0.161. The molecule has 2 nitrogen and oxygen atoms in total. The zero-order valence-corrected chi connectivity index (χ0v) is 21.8. The molecule has 0 saturated carbocycles. The zero-order chi connectivity index (χ0) is 26.0. The van der Waals surface area contributed by atoms with Crippen LogP contribution in [0.1, 0.15) is 63.0 Å². The minimum Gasteiger partial charge on any atom is -0.452 e. The van der Waals surface area contributed by atoms with Crippen molar-refractivity contribution < 1.29 is 22.7 Å². The lowest BCUT2D eigenvalue weighted by Crippen LogP contribution is -2.20. The number of esters is 1. The second-order valence-corrected chi connectivity index (χ2v) is 12.6. The Hall–Kier alpha value is -2.73. The van der Waals surface area contributed by atoms with Crippen LogP contribution in [0.15, 0.2) is 87.5 Å². The number of ether oxygens (including phenoxy) is 1. The third-order valence-electron chi connectivity index (χ3n) is 5.58. The maximum Gasteiger partial charge on any atom is 0.422 e. The summed E-state index contributed by atoms with van der Waals surface area (Å²) in [7, 11) is -0.563. The summed E-state index contributed by atoms with van der Waals surface area (Å²) in [6, 6.07) is 23.5. The van der Waals surface area contributed by atoms with E-state index in [0.717, 1.165) is 14.7 Å². The number of carbonyl (C=O) groups excluding carboxylic acids is 1. The molecule has 0 heterocycles. The van der Waals surface area contributed by atoms with E-state index in [0.29, 0.717) is 0 Å². The molecule has 0 bridgehead atoms. The Morgan fingerprint density at radius 2 is 1.17 bits per heavy atom. The third kappa shape index (κ3) is 7.14. The summed E-state index contributed by atoms with van der Waals surface area (Å²) in [6.07, 6.45) is -4.57. The lowest BCUT2D eigenvalue weighted by atomic mass is 9.87. The molecule has 0 N–H and O–H groups in total. The quantitative estimate of drug-likeness (QED) is 0.261. The number of rotatable bonds is 5. The predicted octanol–water partition coefficient (Wildman–Crippen LogP) is 8.10. The van der Waals surface area contributed by atoms with E-state index in [-0.39, 0.29) is 16.4 Å². The minimum absolute atomic E-state index is 0.00759. The highest BCUT2D eigenvalue weighted by molar-refractivity contribution is 7.97. The number of carbonyl (C=O) groups is 1. The Morgan fingerprint density at radius 3 is 1.57 bits per heavy atom. The van der Waals surface area contributed by atoms with E-state index in [1.165, 1.54) is 17.2 Å². The minimum atomic E-state index is -4.57. The van der Waals surface area contributed by atoms with Crippen molar-refractivity contribution in [1.29, 1.82) is 0 Å². The van der Waals surface area contributed by atoms with E-state index >= 15 is 0 Å². The number of alkyl halides is 3. The topological polar surface area (TPSA) is 26.3 Å². The molecule has 0 aliphatic heterocycles. The van der Waals surface area contributed by atoms with E-state index in [2.05, 4.69) is 94.8 Å². The van der Waals surface area contributed by atoms with Crippen LogP contribution in [-0.2, 0) is 26.5 Å². The SMILES string of the molecule is CC(C)(C)c1ccc([S+](c2ccc(C(C)(C)C)cc2)c2cccc(C(=O)OCC(F)(F)F)c2)cc1. The van der Waals surface area contributed by atoms with E-state index in [1.54, 1.807) is 12.1 Å². The van der Waals surface area contributed by atoms with Gasteiger partial charge in [0.1, 0.15) is 0 Å². The van der Waals surface area contributed by atoms with Crippen molar-refractivity contribution in [1.82, 2.24) is 0 Å². The molecular formula is C29H32F3O2S+. The first-order valence-corrected chi connectivity index (χ1v) is 12.7. The monoisotopic (exact) mass is 501 g/mol. The molecule has 3 aromatic rings. The molecule has 0 aromatic heterocycles. The Morgan fingerprint density at radius 1 is 0.714 bits per heavy atom. The maximum absolute atomic E-state index is 12.5. The van der Waals surface area contributed by atoms with Crippen LogP contribution in [-0.4, -0.2) is 18.8 Å². The Labute approximate surface area is 208 Å². The van der Waals surface area contributed by atoms with Gasteiger partial charge < -0.3 is 4.74 Å². The summed E-state index contributed by atoms with van der Waals surface area (Å²) in [4.78, 5) is 15.3. The van der Waals surface area contributed by atoms with Gasteiger partial charge in [-0.3, -0.25) is 0 Å². The van der Waals surface area contributed by atoms with Crippen molar-refractivity contribution in [3.05, 3.63) is 89.5 Å². The molecule has 186 valence electrons. The second-order valence-electron chi connectivity index (χ2n) is 10.6. The molecule has 0 saturated heterocycles. The van der Waals surface area contributed by atoms with Gasteiger partial charge >= 0.3 is 12.1 Å². The van der Waals surface area contributed by atoms with Crippen LogP contribution in [0, 0.1) is 0 Å². The summed E-state index contributed by atoms with van der Waals surface area (Å²) in [6.45, 7) is 11.3. The fourth-order valence-electron chi connectivity index (χ4n) is 3.57. The largest absolute Gasteiger partial charge is 0.452 e. The molecule has 3 rings (SSSR count). The highest BCUT2D eigenvalue weighted by Crippen LogP contribution is 2.34. The van der Waals surface area contributed by atoms with E-state index < -0.39 is 29.6 Å². The third-order valence-corrected chi connectivity index (χ3v) is 7.80. The van der Waals surface area contributed by atoms with E-state index in [9.17, 15) is 18.0 Å². The first-order chi connectivity index (χ1) is 16.1. The van der Waals surface area contributed by atoms with Gasteiger partial charge in [-0.15, -0.1) is 0 Å². The van der Waals surface area contributed by atoms with Gasteiger partial charge in [0.05, 0.1) is 16.5 Å². The van der Waals surface area contributed by atoms with Crippen LogP contribution < -0.4 is 0 Å². The van der Waals surface area contributed by atoms with Gasteiger partial charge in [0, 0.05) is 6.07 Å². The van der Waals surface area contributed by atoms with Crippen LogP contribution in [0.25, 0.3) is 0 Å². The van der Waals surface area contributed by atoms with Gasteiger partial charge in [0.15, 0.2) is 21.3 Å². The summed E-state index contributed by atoms with van der Waals surface area (Å²) in [5, 5.41) is 0. The highest BCUT2D eigenvalue weighted by Gasteiger charge is 2.32.